The number of carbonyl (C=O) groups excluding carboxylic acids is 2. The fraction of sp³-hybridized carbons (Fsp3) is 0.600. The summed E-state index contributed by atoms with van der Waals surface area (Å²) in [6.45, 7) is 11.4. The van der Waals surface area contributed by atoms with Crippen molar-refractivity contribution in [1.29, 1.82) is 0 Å². The lowest BCUT2D eigenvalue weighted by Crippen LogP contribution is -2.17. The van der Waals surface area contributed by atoms with Gasteiger partial charge in [-0.3, -0.25) is 4.79 Å². The van der Waals surface area contributed by atoms with Gasteiger partial charge < -0.3 is 18.9 Å². The van der Waals surface area contributed by atoms with Crippen LogP contribution in [0.15, 0.2) is 0 Å². The first-order valence-corrected chi connectivity index (χ1v) is 8.75. The summed E-state index contributed by atoms with van der Waals surface area (Å²) in [5.74, 6) is -0.381. The van der Waals surface area contributed by atoms with Gasteiger partial charge in [-0.15, -0.1) is 0 Å². The second kappa shape index (κ2) is 11.1. The van der Waals surface area contributed by atoms with Gasteiger partial charge in [-0.05, 0) is 56.9 Å². The van der Waals surface area contributed by atoms with Crippen LogP contribution in [0.5, 0.6) is 0 Å². The smallest absolute Gasteiger partial charge is 0.338 e. The van der Waals surface area contributed by atoms with E-state index >= 15 is 0 Å². The van der Waals surface area contributed by atoms with E-state index < -0.39 is 0 Å². The molecule has 0 heterocycles. The van der Waals surface area contributed by atoms with Crippen LogP contribution in [0.2, 0.25) is 0 Å². The highest BCUT2D eigenvalue weighted by Crippen LogP contribution is 2.27. The van der Waals surface area contributed by atoms with Crippen LogP contribution in [0.3, 0.4) is 0 Å². The molecule has 0 saturated heterocycles. The summed E-state index contributed by atoms with van der Waals surface area (Å²) in [5, 5.41) is 0. The fourth-order valence-electron chi connectivity index (χ4n) is 2.88. The number of ketones is 1. The molecule has 0 aliphatic rings. The van der Waals surface area contributed by atoms with Crippen LogP contribution in [0.4, 0.5) is 0 Å². The Hall–Kier alpha value is -1.76. The van der Waals surface area contributed by atoms with Crippen molar-refractivity contribution < 1.29 is 28.5 Å². The lowest BCUT2D eigenvalue weighted by atomic mass is 9.87. The molecule has 1 aromatic carbocycles. The molecule has 0 aromatic heterocycles. The first-order valence-electron chi connectivity index (χ1n) is 8.75. The first-order chi connectivity index (χ1) is 12.3. The number of benzene rings is 1. The SMILES string of the molecule is COCCOCCOCCOC(=O)c1c(C)c(C)c(C(C)=O)c(C)c1C. The van der Waals surface area contributed by atoms with Crippen LogP contribution < -0.4 is 0 Å². The molecule has 0 saturated carbocycles. The van der Waals surface area contributed by atoms with Gasteiger partial charge in [-0.1, -0.05) is 0 Å². The molecule has 0 unspecified atom stereocenters. The molecule has 0 aliphatic carbocycles. The Kier molecular flexibility index (Phi) is 9.48. The average Bonchev–Trinajstić information content (AvgIpc) is 2.58. The summed E-state index contributed by atoms with van der Waals surface area (Å²) in [7, 11) is 1.62. The van der Waals surface area contributed by atoms with Gasteiger partial charge in [-0.25, -0.2) is 4.79 Å². The molecule has 0 N–H and O–H groups in total. The summed E-state index contributed by atoms with van der Waals surface area (Å²) < 4.78 is 20.9. The summed E-state index contributed by atoms with van der Waals surface area (Å²) in [6, 6.07) is 0. The Balaban J connectivity index is 2.57. The number of ether oxygens (including phenoxy) is 4. The van der Waals surface area contributed by atoms with Gasteiger partial charge in [0.1, 0.15) is 6.61 Å². The normalized spacial score (nSPS) is 10.8. The van der Waals surface area contributed by atoms with Crippen LogP contribution >= 0.6 is 0 Å². The number of carbonyl (C=O) groups is 2. The Labute approximate surface area is 155 Å². The Morgan fingerprint density at radius 3 is 1.58 bits per heavy atom. The molecule has 0 atom stereocenters. The molecule has 146 valence electrons. The average molecular weight is 366 g/mol. The number of esters is 1. The second-order valence-electron chi connectivity index (χ2n) is 6.16. The highest BCUT2D eigenvalue weighted by Gasteiger charge is 2.22. The van der Waals surface area contributed by atoms with Crippen LogP contribution in [0, 0.1) is 27.7 Å². The minimum atomic E-state index is -0.388. The quantitative estimate of drug-likeness (QED) is 0.341. The molecule has 0 fully saturated rings. The van der Waals surface area contributed by atoms with Crippen molar-refractivity contribution in [3.8, 4) is 0 Å². The Morgan fingerprint density at radius 1 is 0.692 bits per heavy atom. The zero-order chi connectivity index (χ0) is 19.7. The third-order valence-electron chi connectivity index (χ3n) is 4.45. The maximum Gasteiger partial charge on any atom is 0.338 e. The van der Waals surface area contributed by atoms with Crippen molar-refractivity contribution in [3.63, 3.8) is 0 Å². The van der Waals surface area contributed by atoms with Crippen LogP contribution in [0.1, 0.15) is 49.9 Å². The number of hydrogen-bond acceptors (Lipinski definition) is 6. The monoisotopic (exact) mass is 366 g/mol. The van der Waals surface area contributed by atoms with Gasteiger partial charge in [0.2, 0.25) is 0 Å². The molecule has 6 heteroatoms. The van der Waals surface area contributed by atoms with Gasteiger partial charge in [-0.2, -0.15) is 0 Å². The molecule has 0 bridgehead atoms. The van der Waals surface area contributed by atoms with Crippen molar-refractivity contribution in [1.82, 2.24) is 0 Å². The minimum Gasteiger partial charge on any atom is -0.460 e. The first kappa shape index (κ1) is 22.3. The van der Waals surface area contributed by atoms with E-state index in [2.05, 4.69) is 0 Å². The summed E-state index contributed by atoms with van der Waals surface area (Å²) in [6.07, 6.45) is 0. The maximum absolute atomic E-state index is 12.5. The molecule has 6 nitrogen and oxygen atoms in total. The van der Waals surface area contributed by atoms with Crippen LogP contribution in [-0.4, -0.2) is 58.5 Å². The van der Waals surface area contributed by atoms with Gasteiger partial charge in [0.15, 0.2) is 5.78 Å². The van der Waals surface area contributed by atoms with E-state index in [1.807, 2.05) is 27.7 Å². The minimum absolute atomic E-state index is 0.00670. The van der Waals surface area contributed by atoms with E-state index in [0.29, 0.717) is 44.2 Å². The molecule has 0 radical (unpaired) electrons. The van der Waals surface area contributed by atoms with E-state index in [-0.39, 0.29) is 18.4 Å². The highest BCUT2D eigenvalue weighted by atomic mass is 16.6. The summed E-state index contributed by atoms with van der Waals surface area (Å²) in [4.78, 5) is 24.4. The van der Waals surface area contributed by atoms with E-state index in [1.165, 1.54) is 0 Å². The largest absolute Gasteiger partial charge is 0.460 e. The molecule has 0 aliphatic heterocycles. The highest BCUT2D eigenvalue weighted by molar-refractivity contribution is 6.01. The van der Waals surface area contributed by atoms with E-state index in [9.17, 15) is 9.59 Å². The van der Waals surface area contributed by atoms with Gasteiger partial charge in [0.05, 0.1) is 38.6 Å². The van der Waals surface area contributed by atoms with Crippen molar-refractivity contribution in [2.45, 2.75) is 34.6 Å². The lowest BCUT2D eigenvalue weighted by Gasteiger charge is -2.18. The number of Topliss-reactive ketones (excluding diaryl/α,β-unsaturated/α-hetero) is 1. The number of hydrogen-bond donors (Lipinski definition) is 0. The van der Waals surface area contributed by atoms with E-state index in [4.69, 9.17) is 18.9 Å². The Morgan fingerprint density at radius 2 is 1.12 bits per heavy atom. The van der Waals surface area contributed by atoms with Crippen LogP contribution in [0.25, 0.3) is 0 Å². The van der Waals surface area contributed by atoms with Crippen molar-refractivity contribution in [3.05, 3.63) is 33.4 Å². The number of rotatable bonds is 11. The summed E-state index contributed by atoms with van der Waals surface area (Å²) in [5.41, 5.74) is 4.46. The van der Waals surface area contributed by atoms with Gasteiger partial charge in [0, 0.05) is 12.7 Å². The zero-order valence-electron chi connectivity index (χ0n) is 16.7. The topological polar surface area (TPSA) is 71.1 Å². The molecular formula is C20H30O6. The Bertz CT molecular complexity index is 607. The standard InChI is InChI=1S/C20H30O6/c1-13-15(3)19(16(4)14(2)18(13)17(5)21)20(22)26-12-11-25-10-9-24-8-7-23-6/h7-12H2,1-6H3. The van der Waals surface area contributed by atoms with E-state index in [1.54, 1.807) is 14.0 Å². The van der Waals surface area contributed by atoms with Gasteiger partial charge >= 0.3 is 5.97 Å². The summed E-state index contributed by atoms with van der Waals surface area (Å²) >= 11 is 0. The van der Waals surface area contributed by atoms with E-state index in [0.717, 1.165) is 22.3 Å². The van der Waals surface area contributed by atoms with Crippen molar-refractivity contribution in [2.24, 2.45) is 0 Å². The zero-order valence-corrected chi connectivity index (χ0v) is 16.7. The van der Waals surface area contributed by atoms with Crippen molar-refractivity contribution in [2.75, 3.05) is 46.8 Å². The second-order valence-corrected chi connectivity index (χ2v) is 6.16. The van der Waals surface area contributed by atoms with Gasteiger partial charge in [0.25, 0.3) is 0 Å². The molecular weight excluding hydrogens is 336 g/mol. The molecule has 1 aromatic rings. The van der Waals surface area contributed by atoms with Crippen LogP contribution in [-0.2, 0) is 18.9 Å². The fourth-order valence-corrected chi connectivity index (χ4v) is 2.88. The third kappa shape index (κ3) is 5.90. The molecule has 26 heavy (non-hydrogen) atoms. The molecule has 0 amide bonds. The maximum atomic E-state index is 12.5. The third-order valence-corrected chi connectivity index (χ3v) is 4.45. The predicted molar refractivity (Wildman–Crippen MR) is 99.2 cm³/mol. The molecule has 0 spiro atoms. The molecule has 1 rings (SSSR count). The lowest BCUT2D eigenvalue weighted by molar-refractivity contribution is 0.00564. The van der Waals surface area contributed by atoms with Crippen molar-refractivity contribution >= 4 is 11.8 Å². The predicted octanol–water partition coefficient (Wildman–Crippen LogP) is 2.96. The number of methoxy groups -OCH3 is 1.